The van der Waals surface area contributed by atoms with Crippen LogP contribution in [0.1, 0.15) is 12.5 Å². The Labute approximate surface area is 142 Å². The minimum Gasteiger partial charge on any atom is -0.325 e. The van der Waals surface area contributed by atoms with Gasteiger partial charge in [-0.1, -0.05) is 35.0 Å². The van der Waals surface area contributed by atoms with E-state index in [9.17, 15) is 4.79 Å². The first-order valence-corrected chi connectivity index (χ1v) is 7.92. The Hall–Kier alpha value is -1.74. The smallest absolute Gasteiger partial charge is 0.237 e. The van der Waals surface area contributed by atoms with Crippen LogP contribution in [0.25, 0.3) is 0 Å². The number of nitriles is 1. The van der Waals surface area contributed by atoms with E-state index in [-0.39, 0.29) is 11.2 Å². The molecule has 7 heteroatoms. The molecule has 1 aromatic carbocycles. The molecule has 4 nitrogen and oxygen atoms in total. The van der Waals surface area contributed by atoms with Gasteiger partial charge in [0.25, 0.3) is 0 Å². The molecule has 1 aromatic heterocycles. The largest absolute Gasteiger partial charge is 0.325 e. The second-order valence-corrected chi connectivity index (χ2v) is 6.58. The van der Waals surface area contributed by atoms with Crippen LogP contribution < -0.4 is 5.32 Å². The second kappa shape index (κ2) is 7.50. The van der Waals surface area contributed by atoms with Gasteiger partial charge in [0.1, 0.15) is 6.07 Å². The molecule has 1 N–H and O–H groups in total. The minimum atomic E-state index is -0.344. The van der Waals surface area contributed by atoms with Crippen LogP contribution in [0, 0.1) is 11.3 Å². The molecule has 22 heavy (non-hydrogen) atoms. The Morgan fingerprint density at radius 1 is 1.36 bits per heavy atom. The van der Waals surface area contributed by atoms with Gasteiger partial charge in [-0.3, -0.25) is 4.79 Å². The molecule has 0 radical (unpaired) electrons. The third kappa shape index (κ3) is 4.38. The molecule has 0 saturated heterocycles. The van der Waals surface area contributed by atoms with E-state index in [2.05, 4.69) is 10.3 Å². The predicted octanol–water partition coefficient (Wildman–Crippen LogP) is 4.38. The van der Waals surface area contributed by atoms with Crippen LogP contribution >= 0.6 is 35.0 Å². The molecule has 1 heterocycles. The monoisotopic (exact) mass is 351 g/mol. The summed E-state index contributed by atoms with van der Waals surface area (Å²) in [5, 5.41) is 12.8. The lowest BCUT2D eigenvalue weighted by molar-refractivity contribution is -0.115. The summed E-state index contributed by atoms with van der Waals surface area (Å²) in [4.78, 5) is 16.3. The molecule has 0 fully saturated rings. The van der Waals surface area contributed by atoms with Crippen molar-refractivity contribution in [2.45, 2.75) is 17.2 Å². The van der Waals surface area contributed by atoms with Gasteiger partial charge in [0.15, 0.2) is 0 Å². The maximum Gasteiger partial charge on any atom is 0.237 e. The zero-order valence-electron chi connectivity index (χ0n) is 11.5. The van der Waals surface area contributed by atoms with Gasteiger partial charge < -0.3 is 5.32 Å². The van der Waals surface area contributed by atoms with Gasteiger partial charge >= 0.3 is 0 Å². The molecular weight excluding hydrogens is 341 g/mol. The summed E-state index contributed by atoms with van der Waals surface area (Å²) in [6.45, 7) is 1.78. The lowest BCUT2D eigenvalue weighted by Gasteiger charge is -2.12. The predicted molar refractivity (Wildman–Crippen MR) is 89.4 cm³/mol. The van der Waals surface area contributed by atoms with Crippen molar-refractivity contribution in [1.29, 1.82) is 5.26 Å². The molecule has 0 aliphatic carbocycles. The highest BCUT2D eigenvalue weighted by Gasteiger charge is 2.15. The third-order valence-corrected chi connectivity index (χ3v) is 4.31. The Morgan fingerprint density at radius 2 is 2.14 bits per heavy atom. The SMILES string of the molecule is CC(Sc1ccc(Cl)cn1)C(=O)Nc1ccc(C#N)c(Cl)c1. The summed E-state index contributed by atoms with van der Waals surface area (Å²) >= 11 is 13.0. The van der Waals surface area contributed by atoms with Crippen molar-refractivity contribution in [3.63, 3.8) is 0 Å². The first kappa shape index (κ1) is 16.6. The van der Waals surface area contributed by atoms with Crippen LogP contribution in [0.3, 0.4) is 0 Å². The number of amides is 1. The Balaban J connectivity index is 2.00. The maximum atomic E-state index is 12.2. The van der Waals surface area contributed by atoms with Gasteiger partial charge in [0.05, 0.1) is 25.9 Å². The van der Waals surface area contributed by atoms with Gasteiger partial charge in [-0.05, 0) is 37.3 Å². The highest BCUT2D eigenvalue weighted by atomic mass is 35.5. The highest BCUT2D eigenvalue weighted by molar-refractivity contribution is 8.00. The molecule has 0 spiro atoms. The molecule has 1 atom stereocenters. The molecule has 2 rings (SSSR count). The van der Waals surface area contributed by atoms with E-state index >= 15 is 0 Å². The fraction of sp³-hybridized carbons (Fsp3) is 0.133. The van der Waals surface area contributed by atoms with Gasteiger partial charge in [-0.25, -0.2) is 4.98 Å². The number of anilines is 1. The van der Waals surface area contributed by atoms with Crippen LogP contribution in [0.2, 0.25) is 10.0 Å². The van der Waals surface area contributed by atoms with Crippen LogP contribution in [0.15, 0.2) is 41.6 Å². The fourth-order valence-electron chi connectivity index (χ4n) is 1.59. The van der Waals surface area contributed by atoms with Crippen LogP contribution in [-0.2, 0) is 4.79 Å². The zero-order chi connectivity index (χ0) is 16.1. The van der Waals surface area contributed by atoms with Crippen LogP contribution in [0.4, 0.5) is 5.69 Å². The highest BCUT2D eigenvalue weighted by Crippen LogP contribution is 2.24. The van der Waals surface area contributed by atoms with E-state index in [4.69, 9.17) is 28.5 Å². The van der Waals surface area contributed by atoms with Gasteiger partial charge in [-0.15, -0.1) is 0 Å². The van der Waals surface area contributed by atoms with Crippen molar-refractivity contribution in [2.75, 3.05) is 5.32 Å². The Bertz CT molecular complexity index is 729. The number of thioether (sulfide) groups is 1. The lowest BCUT2D eigenvalue weighted by Crippen LogP contribution is -2.22. The van der Waals surface area contributed by atoms with Crippen LogP contribution in [-0.4, -0.2) is 16.1 Å². The quantitative estimate of drug-likeness (QED) is 0.830. The number of rotatable bonds is 4. The third-order valence-electron chi connectivity index (χ3n) is 2.72. The summed E-state index contributed by atoms with van der Waals surface area (Å²) in [5.74, 6) is -0.178. The van der Waals surface area contributed by atoms with E-state index in [1.54, 1.807) is 37.3 Å². The molecule has 0 aliphatic heterocycles. The summed E-state index contributed by atoms with van der Waals surface area (Å²) in [6.07, 6.45) is 1.54. The standard InChI is InChI=1S/C15H11Cl2N3OS/c1-9(22-14-5-3-11(16)8-19-14)15(21)20-12-4-2-10(7-18)13(17)6-12/h2-6,8-9H,1H3,(H,20,21). The van der Waals surface area contributed by atoms with Crippen molar-refractivity contribution in [3.8, 4) is 6.07 Å². The minimum absolute atomic E-state index is 0.178. The summed E-state index contributed by atoms with van der Waals surface area (Å²) in [5.41, 5.74) is 0.915. The Morgan fingerprint density at radius 3 is 2.73 bits per heavy atom. The van der Waals surface area contributed by atoms with Gasteiger partial charge in [0, 0.05) is 11.9 Å². The van der Waals surface area contributed by atoms with E-state index in [1.165, 1.54) is 18.0 Å². The molecule has 1 amide bonds. The van der Waals surface area contributed by atoms with Crippen molar-refractivity contribution >= 4 is 46.6 Å². The molecule has 0 saturated carbocycles. The first-order chi connectivity index (χ1) is 10.5. The maximum absolute atomic E-state index is 12.2. The number of nitrogens with zero attached hydrogens (tertiary/aromatic N) is 2. The van der Waals surface area contributed by atoms with Gasteiger partial charge in [0.2, 0.25) is 5.91 Å². The Kier molecular flexibility index (Phi) is 5.67. The molecule has 2 aromatic rings. The van der Waals surface area contributed by atoms with Crippen molar-refractivity contribution in [3.05, 3.63) is 52.1 Å². The molecule has 0 bridgehead atoms. The summed E-state index contributed by atoms with van der Waals surface area (Å²) in [7, 11) is 0. The normalized spacial score (nSPS) is 11.5. The van der Waals surface area contributed by atoms with Crippen molar-refractivity contribution in [1.82, 2.24) is 4.98 Å². The van der Waals surface area contributed by atoms with E-state index < -0.39 is 0 Å². The number of hydrogen-bond donors (Lipinski definition) is 1. The zero-order valence-corrected chi connectivity index (χ0v) is 13.8. The number of hydrogen-bond acceptors (Lipinski definition) is 4. The van der Waals surface area contributed by atoms with Crippen molar-refractivity contribution in [2.24, 2.45) is 0 Å². The number of aromatic nitrogens is 1. The topological polar surface area (TPSA) is 65.8 Å². The summed E-state index contributed by atoms with van der Waals surface area (Å²) < 4.78 is 0. The molecular formula is C15H11Cl2N3OS. The van der Waals surface area contributed by atoms with Gasteiger partial charge in [-0.2, -0.15) is 5.26 Å². The summed E-state index contributed by atoms with van der Waals surface area (Å²) in [6, 6.07) is 10.2. The van der Waals surface area contributed by atoms with E-state index in [0.717, 1.165) is 0 Å². The first-order valence-electron chi connectivity index (χ1n) is 6.28. The number of nitrogens with one attached hydrogen (secondary N) is 1. The van der Waals surface area contributed by atoms with Crippen LogP contribution in [0.5, 0.6) is 0 Å². The molecule has 0 aliphatic rings. The number of benzene rings is 1. The molecule has 1 unspecified atom stereocenters. The average Bonchev–Trinajstić information content (AvgIpc) is 2.49. The number of halogens is 2. The average molecular weight is 352 g/mol. The lowest BCUT2D eigenvalue weighted by atomic mass is 10.2. The van der Waals surface area contributed by atoms with Crippen molar-refractivity contribution < 1.29 is 4.79 Å². The van der Waals surface area contributed by atoms with E-state index in [0.29, 0.717) is 26.3 Å². The molecule has 112 valence electrons. The number of pyridine rings is 1. The van der Waals surface area contributed by atoms with E-state index in [1.807, 2.05) is 6.07 Å². The fourth-order valence-corrected chi connectivity index (χ4v) is 2.72. The second-order valence-electron chi connectivity index (χ2n) is 4.37. The number of carbonyl (C=O) groups is 1. The number of carbonyl (C=O) groups excluding carboxylic acids is 1.